The molecule has 1 amide bonds. The maximum atomic E-state index is 12.4. The fraction of sp³-hybridized carbons (Fsp3) is 0.368. The summed E-state index contributed by atoms with van der Waals surface area (Å²) in [6, 6.07) is 9.85. The molecule has 2 aromatic rings. The predicted molar refractivity (Wildman–Crippen MR) is 91.6 cm³/mol. The second-order valence-electron chi connectivity index (χ2n) is 5.57. The van der Waals surface area contributed by atoms with E-state index in [1.54, 1.807) is 12.4 Å². The minimum Gasteiger partial charge on any atom is -0.483 e. The Labute approximate surface area is 138 Å². The second kappa shape index (κ2) is 8.32. The van der Waals surface area contributed by atoms with Crippen molar-refractivity contribution in [3.05, 3.63) is 59.4 Å². The molecule has 0 unspecified atom stereocenters. The average Bonchev–Trinajstić information content (AvgIpc) is 2.57. The largest absolute Gasteiger partial charge is 0.483 e. The van der Waals surface area contributed by atoms with Crippen LogP contribution in [0.4, 0.5) is 0 Å². The molecular weight excluding hydrogens is 288 g/mol. The summed E-state index contributed by atoms with van der Waals surface area (Å²) >= 11 is 0. The average molecular weight is 312 g/mol. The van der Waals surface area contributed by atoms with E-state index in [2.05, 4.69) is 4.98 Å². The Hall–Kier alpha value is -2.36. The van der Waals surface area contributed by atoms with Crippen LogP contribution in [0.5, 0.6) is 5.75 Å². The van der Waals surface area contributed by atoms with Crippen LogP contribution in [0.3, 0.4) is 0 Å². The molecule has 0 radical (unpaired) electrons. The lowest BCUT2D eigenvalue weighted by Gasteiger charge is -2.21. The summed E-state index contributed by atoms with van der Waals surface area (Å²) in [5.41, 5.74) is 3.43. The third-order valence-electron chi connectivity index (χ3n) is 4.06. The van der Waals surface area contributed by atoms with Gasteiger partial charge < -0.3 is 9.64 Å². The highest BCUT2D eigenvalue weighted by Crippen LogP contribution is 2.20. The van der Waals surface area contributed by atoms with Gasteiger partial charge in [0.15, 0.2) is 6.61 Å². The number of hydrogen-bond donors (Lipinski definition) is 0. The predicted octanol–water partition coefficient (Wildman–Crippen LogP) is 3.17. The Morgan fingerprint density at radius 2 is 1.91 bits per heavy atom. The second-order valence-corrected chi connectivity index (χ2v) is 5.57. The number of aryl methyl sites for hydroxylation is 1. The van der Waals surface area contributed by atoms with Crippen molar-refractivity contribution in [2.45, 2.75) is 27.2 Å². The third-order valence-corrected chi connectivity index (χ3v) is 4.06. The minimum absolute atomic E-state index is 0.0162. The number of carbonyl (C=O) groups excluding carboxylic acids is 1. The Morgan fingerprint density at radius 3 is 2.61 bits per heavy atom. The number of benzene rings is 1. The van der Waals surface area contributed by atoms with E-state index in [-0.39, 0.29) is 12.5 Å². The molecular formula is C19H24N2O2. The Bertz CT molecular complexity index is 641. The molecule has 0 saturated heterocycles. The molecule has 0 aliphatic rings. The number of likely N-dealkylation sites (N-methyl/N-ethyl adjacent to an activating group) is 1. The number of rotatable bonds is 7. The van der Waals surface area contributed by atoms with Crippen molar-refractivity contribution in [3.8, 4) is 5.75 Å². The molecule has 1 heterocycles. The molecule has 0 saturated carbocycles. The van der Waals surface area contributed by atoms with Gasteiger partial charge in [0.2, 0.25) is 0 Å². The summed E-state index contributed by atoms with van der Waals surface area (Å²) in [5, 5.41) is 0. The maximum Gasteiger partial charge on any atom is 0.260 e. The van der Waals surface area contributed by atoms with E-state index in [0.717, 1.165) is 17.7 Å². The lowest BCUT2D eigenvalue weighted by Crippen LogP contribution is -2.36. The van der Waals surface area contributed by atoms with Crippen LogP contribution in [0.25, 0.3) is 0 Å². The molecule has 2 rings (SSSR count). The molecule has 4 heteroatoms. The van der Waals surface area contributed by atoms with Gasteiger partial charge in [0, 0.05) is 25.5 Å². The summed E-state index contributed by atoms with van der Waals surface area (Å²) in [6.45, 7) is 7.49. The summed E-state index contributed by atoms with van der Waals surface area (Å²) < 4.78 is 5.71. The van der Waals surface area contributed by atoms with E-state index in [1.807, 2.05) is 56.0 Å². The molecule has 0 atom stereocenters. The molecule has 23 heavy (non-hydrogen) atoms. The highest BCUT2D eigenvalue weighted by molar-refractivity contribution is 5.77. The van der Waals surface area contributed by atoms with Crippen LogP contribution in [-0.4, -0.2) is 35.5 Å². The molecule has 0 spiro atoms. The van der Waals surface area contributed by atoms with Crippen molar-refractivity contribution < 1.29 is 9.53 Å². The van der Waals surface area contributed by atoms with Crippen LogP contribution >= 0.6 is 0 Å². The lowest BCUT2D eigenvalue weighted by atomic mass is 10.1. The van der Waals surface area contributed by atoms with Crippen LogP contribution in [0.15, 0.2) is 42.7 Å². The smallest absolute Gasteiger partial charge is 0.260 e. The zero-order chi connectivity index (χ0) is 16.7. The fourth-order valence-electron chi connectivity index (χ4n) is 2.38. The number of pyridine rings is 1. The molecule has 4 nitrogen and oxygen atoms in total. The lowest BCUT2D eigenvalue weighted by molar-refractivity contribution is -0.133. The number of hydrogen-bond acceptors (Lipinski definition) is 3. The van der Waals surface area contributed by atoms with Gasteiger partial charge in [-0.05, 0) is 62.1 Å². The van der Waals surface area contributed by atoms with Gasteiger partial charge in [0.1, 0.15) is 5.75 Å². The van der Waals surface area contributed by atoms with Gasteiger partial charge in [-0.3, -0.25) is 9.78 Å². The topological polar surface area (TPSA) is 42.4 Å². The summed E-state index contributed by atoms with van der Waals surface area (Å²) in [7, 11) is 0. The van der Waals surface area contributed by atoms with Gasteiger partial charge in [-0.2, -0.15) is 0 Å². The Morgan fingerprint density at radius 1 is 1.17 bits per heavy atom. The van der Waals surface area contributed by atoms with E-state index < -0.39 is 0 Å². The molecule has 0 aliphatic heterocycles. The van der Waals surface area contributed by atoms with E-state index in [0.29, 0.717) is 13.1 Å². The summed E-state index contributed by atoms with van der Waals surface area (Å²) in [6.07, 6.45) is 4.37. The van der Waals surface area contributed by atoms with Crippen molar-refractivity contribution in [1.82, 2.24) is 9.88 Å². The highest BCUT2D eigenvalue weighted by atomic mass is 16.5. The maximum absolute atomic E-state index is 12.4. The quantitative estimate of drug-likeness (QED) is 0.788. The summed E-state index contributed by atoms with van der Waals surface area (Å²) in [4.78, 5) is 18.2. The van der Waals surface area contributed by atoms with Crippen LogP contribution in [-0.2, 0) is 11.2 Å². The van der Waals surface area contributed by atoms with Crippen molar-refractivity contribution in [2.75, 3.05) is 19.7 Å². The SMILES string of the molecule is CCN(CCc1ccncc1)C(=O)COc1cccc(C)c1C. The molecule has 0 aliphatic carbocycles. The normalized spacial score (nSPS) is 10.4. The zero-order valence-corrected chi connectivity index (χ0v) is 14.1. The van der Waals surface area contributed by atoms with Gasteiger partial charge in [-0.25, -0.2) is 0 Å². The highest BCUT2D eigenvalue weighted by Gasteiger charge is 2.13. The van der Waals surface area contributed by atoms with Gasteiger partial charge >= 0.3 is 0 Å². The van der Waals surface area contributed by atoms with Crippen LogP contribution in [0, 0.1) is 13.8 Å². The van der Waals surface area contributed by atoms with Crippen molar-refractivity contribution in [3.63, 3.8) is 0 Å². The van der Waals surface area contributed by atoms with Crippen molar-refractivity contribution >= 4 is 5.91 Å². The van der Waals surface area contributed by atoms with Crippen molar-refractivity contribution in [2.24, 2.45) is 0 Å². The van der Waals surface area contributed by atoms with Crippen LogP contribution in [0.1, 0.15) is 23.6 Å². The van der Waals surface area contributed by atoms with E-state index in [4.69, 9.17) is 4.74 Å². The molecule has 1 aromatic carbocycles. The number of nitrogens with zero attached hydrogens (tertiary/aromatic N) is 2. The van der Waals surface area contributed by atoms with Crippen molar-refractivity contribution in [1.29, 1.82) is 0 Å². The van der Waals surface area contributed by atoms with Crippen LogP contribution < -0.4 is 4.74 Å². The third kappa shape index (κ3) is 4.81. The van der Waals surface area contributed by atoms with Gasteiger partial charge in [0.25, 0.3) is 5.91 Å². The molecule has 122 valence electrons. The van der Waals surface area contributed by atoms with Crippen LogP contribution in [0.2, 0.25) is 0 Å². The number of ether oxygens (including phenoxy) is 1. The number of aromatic nitrogens is 1. The molecule has 0 N–H and O–H groups in total. The number of carbonyl (C=O) groups is 1. The molecule has 0 bridgehead atoms. The van der Waals surface area contributed by atoms with E-state index in [1.165, 1.54) is 11.1 Å². The minimum atomic E-state index is 0.0162. The van der Waals surface area contributed by atoms with Gasteiger partial charge in [-0.15, -0.1) is 0 Å². The summed E-state index contributed by atoms with van der Waals surface area (Å²) in [5.74, 6) is 0.797. The van der Waals surface area contributed by atoms with E-state index >= 15 is 0 Å². The Balaban J connectivity index is 1.88. The number of amides is 1. The first kappa shape index (κ1) is 17.0. The zero-order valence-electron chi connectivity index (χ0n) is 14.1. The first-order valence-electron chi connectivity index (χ1n) is 7.97. The fourth-order valence-corrected chi connectivity index (χ4v) is 2.38. The Kier molecular flexibility index (Phi) is 6.15. The standard InChI is InChI=1S/C19H24N2O2/c1-4-21(13-10-17-8-11-20-12-9-17)19(22)14-23-18-7-5-6-15(2)16(18)3/h5-9,11-12H,4,10,13-14H2,1-3H3. The van der Waals surface area contributed by atoms with E-state index in [9.17, 15) is 4.79 Å². The first-order chi connectivity index (χ1) is 11.1. The monoisotopic (exact) mass is 312 g/mol. The first-order valence-corrected chi connectivity index (χ1v) is 7.97. The molecule has 1 aromatic heterocycles. The molecule has 0 fully saturated rings. The van der Waals surface area contributed by atoms with Gasteiger partial charge in [0.05, 0.1) is 0 Å². The van der Waals surface area contributed by atoms with Gasteiger partial charge in [-0.1, -0.05) is 12.1 Å².